The highest BCUT2D eigenvalue weighted by Crippen LogP contribution is 2.28. The molecule has 1 amide bonds. The second kappa shape index (κ2) is 8.38. The van der Waals surface area contributed by atoms with E-state index in [4.69, 9.17) is 9.84 Å². The molecule has 0 bridgehead atoms. The maximum absolute atomic E-state index is 11.8. The first kappa shape index (κ1) is 18.0. The van der Waals surface area contributed by atoms with Crippen molar-refractivity contribution in [2.75, 3.05) is 6.61 Å². The van der Waals surface area contributed by atoms with Crippen molar-refractivity contribution in [3.63, 3.8) is 0 Å². The summed E-state index contributed by atoms with van der Waals surface area (Å²) in [6.45, 7) is 3.57. The van der Waals surface area contributed by atoms with Gasteiger partial charge in [0.1, 0.15) is 11.8 Å². The molecule has 7 heteroatoms. The van der Waals surface area contributed by atoms with Gasteiger partial charge in [0.25, 0.3) is 5.91 Å². The molecule has 21 heavy (non-hydrogen) atoms. The summed E-state index contributed by atoms with van der Waals surface area (Å²) >= 11 is 6.64. The van der Waals surface area contributed by atoms with Crippen molar-refractivity contribution in [2.45, 2.75) is 26.3 Å². The van der Waals surface area contributed by atoms with Crippen molar-refractivity contribution >= 4 is 43.7 Å². The van der Waals surface area contributed by atoms with Crippen LogP contribution in [0.4, 0.5) is 0 Å². The molecule has 116 valence electrons. The highest BCUT2D eigenvalue weighted by atomic mass is 79.9. The number of amides is 1. The molecule has 5 nitrogen and oxygen atoms in total. The first-order valence-corrected chi connectivity index (χ1v) is 7.98. The maximum Gasteiger partial charge on any atom is 0.326 e. The molecule has 0 aliphatic rings. The topological polar surface area (TPSA) is 75.6 Å². The number of carbonyl (C=O) groups excluding carboxylic acids is 1. The Kier molecular flexibility index (Phi) is 7.17. The summed E-state index contributed by atoms with van der Waals surface area (Å²) in [5, 5.41) is 11.5. The predicted molar refractivity (Wildman–Crippen MR) is 86.4 cm³/mol. The number of hydrogen-bond acceptors (Lipinski definition) is 3. The van der Waals surface area contributed by atoms with E-state index in [2.05, 4.69) is 37.2 Å². The summed E-state index contributed by atoms with van der Waals surface area (Å²) in [6, 6.07) is 4.40. The van der Waals surface area contributed by atoms with Crippen LogP contribution in [-0.2, 0) is 9.59 Å². The number of rotatable bonds is 7. The predicted octanol–water partition coefficient (Wildman–Crippen LogP) is 3.21. The molecule has 0 aliphatic carbocycles. The summed E-state index contributed by atoms with van der Waals surface area (Å²) in [7, 11) is 0. The quantitative estimate of drug-likeness (QED) is 0.707. The number of ether oxygens (including phenoxy) is 1. The number of carbonyl (C=O) groups is 2. The van der Waals surface area contributed by atoms with Gasteiger partial charge >= 0.3 is 5.97 Å². The molecule has 1 aromatic carbocycles. The van der Waals surface area contributed by atoms with Gasteiger partial charge in [-0.15, -0.1) is 0 Å². The van der Waals surface area contributed by atoms with Crippen LogP contribution in [0.5, 0.6) is 5.75 Å². The minimum atomic E-state index is -1.04. The molecule has 0 saturated heterocycles. The smallest absolute Gasteiger partial charge is 0.326 e. The number of carboxylic acids is 1. The third-order valence-electron chi connectivity index (χ3n) is 2.59. The van der Waals surface area contributed by atoms with Gasteiger partial charge in [-0.1, -0.05) is 29.8 Å². The molecule has 0 aromatic heterocycles. The fourth-order valence-electron chi connectivity index (χ4n) is 1.66. The third-order valence-corrected chi connectivity index (χ3v) is 3.71. The maximum atomic E-state index is 11.8. The van der Waals surface area contributed by atoms with E-state index >= 15 is 0 Å². The van der Waals surface area contributed by atoms with E-state index in [1.807, 2.05) is 13.8 Å². The van der Waals surface area contributed by atoms with E-state index in [0.29, 0.717) is 16.6 Å². The first-order chi connectivity index (χ1) is 9.79. The molecule has 1 aromatic rings. The van der Waals surface area contributed by atoms with E-state index in [0.717, 1.165) is 4.47 Å². The monoisotopic (exact) mass is 421 g/mol. The summed E-state index contributed by atoms with van der Waals surface area (Å²) in [5.74, 6) is -0.809. The number of halogens is 2. The van der Waals surface area contributed by atoms with Crippen LogP contribution in [0.25, 0.3) is 0 Å². The van der Waals surface area contributed by atoms with Gasteiger partial charge in [-0.2, -0.15) is 0 Å². The molecule has 1 unspecified atom stereocenters. The lowest BCUT2D eigenvalue weighted by atomic mass is 10.0. The van der Waals surface area contributed by atoms with Crippen molar-refractivity contribution in [1.82, 2.24) is 5.32 Å². The Bertz CT molecular complexity index is 520. The third kappa shape index (κ3) is 6.48. The Morgan fingerprint density at radius 3 is 2.52 bits per heavy atom. The van der Waals surface area contributed by atoms with E-state index in [1.165, 1.54) is 0 Å². The zero-order chi connectivity index (χ0) is 16.0. The average molecular weight is 423 g/mol. The lowest BCUT2D eigenvalue weighted by molar-refractivity contribution is -0.142. The lowest BCUT2D eigenvalue weighted by Crippen LogP contribution is -2.43. The van der Waals surface area contributed by atoms with Crippen LogP contribution >= 0.6 is 31.9 Å². The van der Waals surface area contributed by atoms with Gasteiger partial charge in [0, 0.05) is 4.47 Å². The second-order valence-electron chi connectivity index (χ2n) is 4.95. The van der Waals surface area contributed by atoms with Crippen molar-refractivity contribution in [3.05, 3.63) is 27.1 Å². The van der Waals surface area contributed by atoms with E-state index in [-0.39, 0.29) is 12.5 Å². The summed E-state index contributed by atoms with van der Waals surface area (Å²) < 4.78 is 6.96. The van der Waals surface area contributed by atoms with E-state index in [1.54, 1.807) is 18.2 Å². The Morgan fingerprint density at radius 1 is 1.33 bits per heavy atom. The zero-order valence-corrected chi connectivity index (χ0v) is 14.9. The van der Waals surface area contributed by atoms with Crippen LogP contribution in [0, 0.1) is 5.92 Å². The molecule has 0 spiro atoms. The SMILES string of the molecule is CC(C)CC(NC(=O)COc1ccc(Br)cc1Br)C(=O)O. The number of hydrogen-bond donors (Lipinski definition) is 2. The van der Waals surface area contributed by atoms with Gasteiger partial charge in [-0.25, -0.2) is 4.79 Å². The van der Waals surface area contributed by atoms with Gasteiger partial charge in [0.15, 0.2) is 6.61 Å². The van der Waals surface area contributed by atoms with Crippen molar-refractivity contribution in [1.29, 1.82) is 0 Å². The summed E-state index contributed by atoms with van der Waals surface area (Å²) in [6.07, 6.45) is 0.378. The number of nitrogens with one attached hydrogen (secondary N) is 1. The van der Waals surface area contributed by atoms with Crippen molar-refractivity contribution in [2.24, 2.45) is 5.92 Å². The number of carboxylic acid groups (broad SMARTS) is 1. The zero-order valence-electron chi connectivity index (χ0n) is 11.7. The van der Waals surface area contributed by atoms with Crippen LogP contribution in [0.2, 0.25) is 0 Å². The molecular formula is C14H17Br2NO4. The molecule has 0 radical (unpaired) electrons. The second-order valence-corrected chi connectivity index (χ2v) is 6.72. The highest BCUT2D eigenvalue weighted by molar-refractivity contribution is 9.11. The molecule has 0 heterocycles. The van der Waals surface area contributed by atoms with Gasteiger partial charge in [-0.3, -0.25) is 4.79 Å². The summed E-state index contributed by atoms with van der Waals surface area (Å²) in [5.41, 5.74) is 0. The minimum Gasteiger partial charge on any atom is -0.483 e. The first-order valence-electron chi connectivity index (χ1n) is 6.39. The molecule has 1 atom stereocenters. The molecule has 1 rings (SSSR count). The number of benzene rings is 1. The van der Waals surface area contributed by atoms with Crippen LogP contribution in [0.15, 0.2) is 27.1 Å². The van der Waals surface area contributed by atoms with Crippen molar-refractivity contribution in [3.8, 4) is 5.75 Å². The van der Waals surface area contributed by atoms with Crippen LogP contribution in [0.3, 0.4) is 0 Å². The van der Waals surface area contributed by atoms with Gasteiger partial charge in [0.05, 0.1) is 4.47 Å². The van der Waals surface area contributed by atoms with Crippen molar-refractivity contribution < 1.29 is 19.4 Å². The Balaban J connectivity index is 2.54. The Morgan fingerprint density at radius 2 is 2.00 bits per heavy atom. The van der Waals surface area contributed by atoms with E-state index < -0.39 is 17.9 Å². The molecular weight excluding hydrogens is 406 g/mol. The minimum absolute atomic E-state index is 0.174. The average Bonchev–Trinajstić information content (AvgIpc) is 2.36. The standard InChI is InChI=1S/C14H17Br2NO4/c1-8(2)5-11(14(19)20)17-13(18)7-21-12-4-3-9(15)6-10(12)16/h3-4,6,8,11H,5,7H2,1-2H3,(H,17,18)(H,19,20). The largest absolute Gasteiger partial charge is 0.483 e. The highest BCUT2D eigenvalue weighted by Gasteiger charge is 2.21. The Hall–Kier alpha value is -1.08. The van der Waals surface area contributed by atoms with Gasteiger partial charge in [-0.05, 0) is 46.5 Å². The van der Waals surface area contributed by atoms with Gasteiger partial charge < -0.3 is 15.2 Å². The fourth-order valence-corrected chi connectivity index (χ4v) is 2.83. The van der Waals surface area contributed by atoms with Crippen LogP contribution < -0.4 is 10.1 Å². The Labute approximate surface area is 140 Å². The number of aliphatic carboxylic acids is 1. The summed E-state index contributed by atoms with van der Waals surface area (Å²) in [4.78, 5) is 22.8. The van der Waals surface area contributed by atoms with Gasteiger partial charge in [0.2, 0.25) is 0 Å². The normalized spacial score (nSPS) is 12.0. The molecule has 0 fully saturated rings. The van der Waals surface area contributed by atoms with Crippen LogP contribution in [-0.4, -0.2) is 29.6 Å². The molecule has 0 saturated carbocycles. The molecule has 2 N–H and O–H groups in total. The fraction of sp³-hybridized carbons (Fsp3) is 0.429. The lowest BCUT2D eigenvalue weighted by Gasteiger charge is -2.16. The van der Waals surface area contributed by atoms with Crippen LogP contribution in [0.1, 0.15) is 20.3 Å². The molecule has 0 aliphatic heterocycles. The van der Waals surface area contributed by atoms with E-state index in [9.17, 15) is 9.59 Å².